The first kappa shape index (κ1) is 19.9. The van der Waals surface area contributed by atoms with Gasteiger partial charge in [0.2, 0.25) is 0 Å². The van der Waals surface area contributed by atoms with Crippen LogP contribution in [0, 0.1) is 39.4 Å². The molecule has 0 rings (SSSR count). The third kappa shape index (κ3) is 5.94. The van der Waals surface area contributed by atoms with Crippen molar-refractivity contribution in [2.75, 3.05) is 19.8 Å². The van der Waals surface area contributed by atoms with Crippen molar-refractivity contribution in [3.63, 3.8) is 0 Å². The Balaban J connectivity index is 0. The molecule has 0 atom stereocenters. The molecule has 0 saturated carbocycles. The Morgan fingerprint density at radius 1 is 1.00 bits per heavy atom. The average Bonchev–Trinajstić information content (AvgIpc) is 2.48. The maximum atomic E-state index is 10.1. The van der Waals surface area contributed by atoms with Crippen LogP contribution in [0.4, 0.5) is 0 Å². The number of carboxylic acids is 1. The highest BCUT2D eigenvalue weighted by atomic mass is 16.4. The molecule has 0 amide bonds. The minimum atomic E-state index is -1.56. The predicted molar refractivity (Wildman–Crippen MR) is 65.5 cm³/mol. The summed E-state index contributed by atoms with van der Waals surface area (Å²) in [5, 5.41) is 58.6. The van der Waals surface area contributed by atoms with Gasteiger partial charge in [-0.25, -0.2) is 4.79 Å². The molecule has 0 aliphatic carbocycles. The summed E-state index contributed by atoms with van der Waals surface area (Å²) in [7, 11) is 0. The molecule has 0 spiro atoms. The molecule has 8 nitrogen and oxygen atoms in total. The van der Waals surface area contributed by atoms with E-state index in [1.165, 1.54) is 18.2 Å². The van der Waals surface area contributed by atoms with E-state index in [4.69, 9.17) is 36.2 Å². The van der Waals surface area contributed by atoms with Crippen LogP contribution in [0.25, 0.3) is 0 Å². The molecule has 108 valence electrons. The second-order valence-corrected chi connectivity index (χ2v) is 3.72. The van der Waals surface area contributed by atoms with E-state index in [1.807, 2.05) is 6.92 Å². The number of hydrogen-bond acceptors (Lipinski definition) is 7. The van der Waals surface area contributed by atoms with Crippen LogP contribution in [0.1, 0.15) is 13.3 Å². The van der Waals surface area contributed by atoms with E-state index in [-0.39, 0.29) is 19.8 Å². The minimum absolute atomic E-state index is 0.156. The van der Waals surface area contributed by atoms with Crippen molar-refractivity contribution in [3.05, 3.63) is 11.1 Å². The van der Waals surface area contributed by atoms with Gasteiger partial charge in [0.15, 0.2) is 11.1 Å². The normalized spacial score (nSPS) is 9.05. The molecule has 20 heavy (non-hydrogen) atoms. The molecule has 0 aromatic carbocycles. The molecule has 0 unspecified atom stereocenters. The second-order valence-electron chi connectivity index (χ2n) is 3.72. The van der Waals surface area contributed by atoms with Crippen LogP contribution in [0.3, 0.4) is 0 Å². The highest BCUT2D eigenvalue weighted by molar-refractivity contribution is 5.93. The molecule has 0 saturated heterocycles. The van der Waals surface area contributed by atoms with Crippen LogP contribution in [0.15, 0.2) is 11.1 Å². The first-order valence-electron chi connectivity index (χ1n) is 5.42. The molecule has 8 heteroatoms. The number of nitrogens with zero attached hydrogens (tertiary/aromatic N) is 3. The summed E-state index contributed by atoms with van der Waals surface area (Å²) in [6.07, 6.45) is 0.594. The lowest BCUT2D eigenvalue weighted by molar-refractivity contribution is -0.132. The Morgan fingerprint density at radius 3 is 1.45 bits per heavy atom. The molecule has 4 N–H and O–H groups in total. The number of aliphatic carboxylic acids is 1. The van der Waals surface area contributed by atoms with Crippen LogP contribution in [-0.4, -0.2) is 46.2 Å². The molecule has 0 bridgehead atoms. The van der Waals surface area contributed by atoms with Gasteiger partial charge in [-0.3, -0.25) is 0 Å². The Bertz CT molecular complexity index is 441. The minimum Gasteiger partial charge on any atom is -0.477 e. The highest BCUT2D eigenvalue weighted by Gasteiger charge is 2.24. The van der Waals surface area contributed by atoms with Crippen molar-refractivity contribution < 1.29 is 25.2 Å². The van der Waals surface area contributed by atoms with E-state index >= 15 is 0 Å². The van der Waals surface area contributed by atoms with Gasteiger partial charge in [0.05, 0.1) is 19.8 Å². The topological polar surface area (TPSA) is 169 Å². The van der Waals surface area contributed by atoms with Gasteiger partial charge in [0.25, 0.3) is 0 Å². The third-order valence-electron chi connectivity index (χ3n) is 2.56. The van der Waals surface area contributed by atoms with Gasteiger partial charge in [0.1, 0.15) is 18.2 Å². The standard InChI is InChI=1S/C6HN3O2.C6H14O3/c7-1-4(2-8)5(3-9)6(10)11;1-2-6(3-7,4-8)5-9/h(H,10,11);7-9H,2-5H2,1H3. The molecule has 0 aliphatic heterocycles. The predicted octanol–water partition coefficient (Wildman–Crippen LogP) is -0.702. The molecular weight excluding hydrogens is 266 g/mol. The van der Waals surface area contributed by atoms with E-state index in [1.54, 1.807) is 0 Å². The van der Waals surface area contributed by atoms with Crippen molar-refractivity contribution in [2.45, 2.75) is 13.3 Å². The lowest BCUT2D eigenvalue weighted by Gasteiger charge is -2.24. The summed E-state index contributed by atoms with van der Waals surface area (Å²) in [5.74, 6) is -1.56. The van der Waals surface area contributed by atoms with Crippen LogP contribution in [-0.2, 0) is 4.79 Å². The van der Waals surface area contributed by atoms with Crippen molar-refractivity contribution in [1.82, 2.24) is 0 Å². The number of carbonyl (C=O) groups is 1. The van der Waals surface area contributed by atoms with Crippen LogP contribution >= 0.6 is 0 Å². The van der Waals surface area contributed by atoms with Gasteiger partial charge >= 0.3 is 5.97 Å². The van der Waals surface area contributed by atoms with Gasteiger partial charge in [-0.05, 0) is 6.42 Å². The first-order chi connectivity index (χ1) is 9.41. The van der Waals surface area contributed by atoms with E-state index in [0.717, 1.165) is 0 Å². The fourth-order valence-corrected chi connectivity index (χ4v) is 0.833. The summed E-state index contributed by atoms with van der Waals surface area (Å²) in [4.78, 5) is 10.1. The van der Waals surface area contributed by atoms with Crippen LogP contribution < -0.4 is 0 Å². The summed E-state index contributed by atoms with van der Waals surface area (Å²) < 4.78 is 0. The summed E-state index contributed by atoms with van der Waals surface area (Å²) in [6.45, 7) is 1.35. The largest absolute Gasteiger partial charge is 0.477 e. The van der Waals surface area contributed by atoms with Crippen molar-refractivity contribution in [2.24, 2.45) is 5.41 Å². The Morgan fingerprint density at radius 2 is 1.40 bits per heavy atom. The van der Waals surface area contributed by atoms with Gasteiger partial charge < -0.3 is 20.4 Å². The van der Waals surface area contributed by atoms with Gasteiger partial charge in [-0.1, -0.05) is 6.92 Å². The number of aliphatic hydroxyl groups is 3. The fourth-order valence-electron chi connectivity index (χ4n) is 0.833. The maximum Gasteiger partial charge on any atom is 0.348 e. The molecule has 0 aromatic heterocycles. The first-order valence-corrected chi connectivity index (χ1v) is 5.42. The molecule has 0 fully saturated rings. The van der Waals surface area contributed by atoms with Gasteiger partial charge in [-0.15, -0.1) is 0 Å². The quantitative estimate of drug-likeness (QED) is 0.378. The van der Waals surface area contributed by atoms with Gasteiger partial charge in [-0.2, -0.15) is 15.8 Å². The fraction of sp³-hybridized carbons (Fsp3) is 0.500. The Labute approximate surface area is 116 Å². The Kier molecular flexibility index (Phi) is 10.4. The third-order valence-corrected chi connectivity index (χ3v) is 2.56. The summed E-state index contributed by atoms with van der Waals surface area (Å²) in [5.41, 5.74) is -2.17. The number of rotatable bonds is 5. The molecule has 0 heterocycles. The molecule has 0 aromatic rings. The SMILES string of the molecule is CCC(CO)(CO)CO.N#CC(C#N)=C(C#N)C(=O)O. The summed E-state index contributed by atoms with van der Waals surface area (Å²) >= 11 is 0. The van der Waals surface area contributed by atoms with E-state index in [9.17, 15) is 4.79 Å². The smallest absolute Gasteiger partial charge is 0.348 e. The number of hydrogen-bond donors (Lipinski definition) is 4. The monoisotopic (exact) mass is 281 g/mol. The molecule has 0 aliphatic rings. The zero-order valence-corrected chi connectivity index (χ0v) is 10.9. The Hall–Kier alpha value is -2.44. The lowest BCUT2D eigenvalue weighted by atomic mass is 9.88. The molecule has 0 radical (unpaired) electrons. The molecular formula is C12H15N3O5. The van der Waals surface area contributed by atoms with Crippen LogP contribution in [0.2, 0.25) is 0 Å². The number of carboxylic acid groups (broad SMARTS) is 1. The number of allylic oxidation sites excluding steroid dienone is 1. The van der Waals surface area contributed by atoms with Crippen molar-refractivity contribution in [1.29, 1.82) is 15.8 Å². The summed E-state index contributed by atoms with van der Waals surface area (Å²) in [6, 6.07) is 3.84. The number of nitriles is 3. The zero-order chi connectivity index (χ0) is 16.2. The lowest BCUT2D eigenvalue weighted by Crippen LogP contribution is -2.32. The zero-order valence-electron chi connectivity index (χ0n) is 10.9. The number of aliphatic hydroxyl groups excluding tert-OH is 3. The van der Waals surface area contributed by atoms with Gasteiger partial charge in [0, 0.05) is 5.41 Å². The van der Waals surface area contributed by atoms with Crippen LogP contribution in [0.5, 0.6) is 0 Å². The van der Waals surface area contributed by atoms with E-state index < -0.39 is 22.5 Å². The van der Waals surface area contributed by atoms with E-state index in [0.29, 0.717) is 6.42 Å². The van der Waals surface area contributed by atoms with Crippen molar-refractivity contribution >= 4 is 5.97 Å². The average molecular weight is 281 g/mol. The maximum absolute atomic E-state index is 10.1. The second kappa shape index (κ2) is 10.5. The highest BCUT2D eigenvalue weighted by Crippen LogP contribution is 2.18. The van der Waals surface area contributed by atoms with E-state index in [2.05, 4.69) is 0 Å². The van der Waals surface area contributed by atoms with Crippen molar-refractivity contribution in [3.8, 4) is 18.2 Å².